The van der Waals surface area contributed by atoms with Crippen LogP contribution in [-0.4, -0.2) is 19.9 Å². The first-order valence-electron chi connectivity index (χ1n) is 3.91. The minimum Gasteiger partial charge on any atom is -0.338 e. The fourth-order valence-electron chi connectivity index (χ4n) is 0.998. The van der Waals surface area contributed by atoms with E-state index in [0.717, 1.165) is 5.69 Å². The highest BCUT2D eigenvalue weighted by Gasteiger charge is 2.03. The van der Waals surface area contributed by atoms with Crippen molar-refractivity contribution in [2.45, 2.75) is 6.54 Å². The maximum Gasteiger partial charge on any atom is 0.195 e. The summed E-state index contributed by atoms with van der Waals surface area (Å²) >= 11 is 0. The summed E-state index contributed by atoms with van der Waals surface area (Å²) in [5.41, 5.74) is 6.31. The van der Waals surface area contributed by atoms with E-state index >= 15 is 0 Å². The molecule has 2 aromatic heterocycles. The van der Waals surface area contributed by atoms with Crippen LogP contribution in [0.15, 0.2) is 24.7 Å². The lowest BCUT2D eigenvalue weighted by Gasteiger charge is -1.92. The van der Waals surface area contributed by atoms with Crippen LogP contribution >= 0.6 is 0 Å². The highest BCUT2D eigenvalue weighted by atomic mass is 15.0. The van der Waals surface area contributed by atoms with Gasteiger partial charge in [-0.2, -0.15) is 0 Å². The van der Waals surface area contributed by atoms with Gasteiger partial charge in [-0.05, 0) is 6.07 Å². The molecule has 0 bridgehead atoms. The van der Waals surface area contributed by atoms with Crippen molar-refractivity contribution in [1.29, 1.82) is 0 Å². The van der Waals surface area contributed by atoms with E-state index in [4.69, 9.17) is 5.73 Å². The fourth-order valence-corrected chi connectivity index (χ4v) is 0.998. The van der Waals surface area contributed by atoms with Crippen molar-refractivity contribution in [3.05, 3.63) is 30.4 Å². The van der Waals surface area contributed by atoms with Crippen molar-refractivity contribution in [3.63, 3.8) is 0 Å². The van der Waals surface area contributed by atoms with Crippen LogP contribution in [0.4, 0.5) is 0 Å². The second-order valence-corrected chi connectivity index (χ2v) is 2.53. The van der Waals surface area contributed by atoms with Gasteiger partial charge in [0, 0.05) is 24.6 Å². The lowest BCUT2D eigenvalue weighted by Crippen LogP contribution is -1.96. The van der Waals surface area contributed by atoms with Crippen molar-refractivity contribution >= 4 is 0 Å². The van der Waals surface area contributed by atoms with Gasteiger partial charge < -0.3 is 10.7 Å². The molecule has 0 aliphatic carbocycles. The van der Waals surface area contributed by atoms with Gasteiger partial charge in [0.15, 0.2) is 11.6 Å². The maximum atomic E-state index is 5.43. The first kappa shape index (κ1) is 7.88. The molecule has 66 valence electrons. The Morgan fingerprint density at radius 3 is 2.62 bits per heavy atom. The quantitative estimate of drug-likeness (QED) is 0.689. The Bertz CT molecular complexity index is 380. The standard InChI is InChI=1S/C8H9N5/c9-4-6-5-12-8(13-6)7-10-2-1-3-11-7/h1-3,5H,4,9H2,(H,12,13). The zero-order valence-electron chi connectivity index (χ0n) is 6.94. The molecule has 2 heterocycles. The summed E-state index contributed by atoms with van der Waals surface area (Å²) in [6, 6.07) is 1.76. The monoisotopic (exact) mass is 175 g/mol. The van der Waals surface area contributed by atoms with Crippen LogP contribution in [0.3, 0.4) is 0 Å². The zero-order chi connectivity index (χ0) is 9.10. The minimum absolute atomic E-state index is 0.444. The Labute approximate surface area is 75.1 Å². The van der Waals surface area contributed by atoms with E-state index in [-0.39, 0.29) is 0 Å². The molecule has 3 N–H and O–H groups in total. The summed E-state index contributed by atoms with van der Waals surface area (Å²) < 4.78 is 0. The minimum atomic E-state index is 0.444. The van der Waals surface area contributed by atoms with Crippen molar-refractivity contribution in [2.24, 2.45) is 5.73 Å². The number of imidazole rings is 1. The van der Waals surface area contributed by atoms with E-state index in [2.05, 4.69) is 19.9 Å². The highest BCUT2D eigenvalue weighted by Crippen LogP contribution is 2.07. The average molecular weight is 175 g/mol. The number of H-pyrrole nitrogens is 1. The Morgan fingerprint density at radius 2 is 2.00 bits per heavy atom. The van der Waals surface area contributed by atoms with Crippen molar-refractivity contribution in [2.75, 3.05) is 0 Å². The van der Waals surface area contributed by atoms with Gasteiger partial charge in [-0.15, -0.1) is 0 Å². The van der Waals surface area contributed by atoms with Crippen molar-refractivity contribution in [1.82, 2.24) is 19.9 Å². The molecule has 0 amide bonds. The van der Waals surface area contributed by atoms with Gasteiger partial charge in [0.2, 0.25) is 0 Å². The molecule has 5 nitrogen and oxygen atoms in total. The SMILES string of the molecule is NCc1cnc(-c2ncccn2)[nH]1. The molecular formula is C8H9N5. The van der Waals surface area contributed by atoms with E-state index < -0.39 is 0 Å². The molecule has 13 heavy (non-hydrogen) atoms. The number of aromatic amines is 1. The Balaban J connectivity index is 2.36. The topological polar surface area (TPSA) is 80.5 Å². The highest BCUT2D eigenvalue weighted by molar-refractivity contribution is 5.42. The molecule has 0 saturated heterocycles. The van der Waals surface area contributed by atoms with Crippen LogP contribution < -0.4 is 5.73 Å². The summed E-state index contributed by atoms with van der Waals surface area (Å²) in [5.74, 6) is 1.24. The van der Waals surface area contributed by atoms with Gasteiger partial charge in [0.25, 0.3) is 0 Å². The molecule has 2 aromatic rings. The number of nitrogens with zero attached hydrogens (tertiary/aromatic N) is 3. The lowest BCUT2D eigenvalue weighted by molar-refractivity contribution is 1.01. The van der Waals surface area contributed by atoms with Crippen molar-refractivity contribution in [3.8, 4) is 11.6 Å². The lowest BCUT2D eigenvalue weighted by atomic mass is 10.5. The first-order chi connectivity index (χ1) is 6.40. The molecule has 0 radical (unpaired) electrons. The first-order valence-corrected chi connectivity index (χ1v) is 3.91. The number of nitrogens with one attached hydrogen (secondary N) is 1. The maximum absolute atomic E-state index is 5.43. The molecule has 0 aromatic carbocycles. The third-order valence-corrected chi connectivity index (χ3v) is 1.63. The van der Waals surface area contributed by atoms with Crippen molar-refractivity contribution < 1.29 is 0 Å². The van der Waals surface area contributed by atoms with Gasteiger partial charge in [0.1, 0.15) is 0 Å². The molecule has 5 heteroatoms. The summed E-state index contributed by atoms with van der Waals surface area (Å²) in [6.45, 7) is 0.444. The van der Waals surface area contributed by atoms with Crippen LogP contribution in [0.5, 0.6) is 0 Å². The van der Waals surface area contributed by atoms with E-state index in [0.29, 0.717) is 18.2 Å². The number of aromatic nitrogens is 4. The second-order valence-electron chi connectivity index (χ2n) is 2.53. The molecule has 2 rings (SSSR count). The normalized spacial score (nSPS) is 10.2. The number of nitrogens with two attached hydrogens (primary N) is 1. The van der Waals surface area contributed by atoms with Crippen LogP contribution in [-0.2, 0) is 6.54 Å². The fraction of sp³-hybridized carbons (Fsp3) is 0.125. The smallest absolute Gasteiger partial charge is 0.195 e. The second kappa shape index (κ2) is 3.32. The molecule has 0 spiro atoms. The van der Waals surface area contributed by atoms with Gasteiger partial charge in [-0.3, -0.25) is 0 Å². The Kier molecular flexibility index (Phi) is 2.01. The van der Waals surface area contributed by atoms with Crippen LogP contribution in [0, 0.1) is 0 Å². The van der Waals surface area contributed by atoms with Crippen LogP contribution in [0.25, 0.3) is 11.6 Å². The van der Waals surface area contributed by atoms with E-state index in [9.17, 15) is 0 Å². The molecular weight excluding hydrogens is 166 g/mol. The van der Waals surface area contributed by atoms with E-state index in [1.165, 1.54) is 0 Å². The largest absolute Gasteiger partial charge is 0.338 e. The van der Waals surface area contributed by atoms with E-state index in [1.807, 2.05) is 0 Å². The van der Waals surface area contributed by atoms with Gasteiger partial charge in [0.05, 0.1) is 6.20 Å². The molecule has 0 unspecified atom stereocenters. The Morgan fingerprint density at radius 1 is 1.23 bits per heavy atom. The summed E-state index contributed by atoms with van der Waals surface area (Å²) in [6.07, 6.45) is 5.03. The zero-order valence-corrected chi connectivity index (χ0v) is 6.94. The average Bonchev–Trinajstić information content (AvgIpc) is 2.67. The number of hydrogen-bond acceptors (Lipinski definition) is 4. The summed E-state index contributed by atoms with van der Waals surface area (Å²) in [7, 11) is 0. The number of rotatable bonds is 2. The van der Waals surface area contributed by atoms with E-state index in [1.54, 1.807) is 24.7 Å². The molecule has 0 aliphatic rings. The van der Waals surface area contributed by atoms with Gasteiger partial charge in [-0.25, -0.2) is 15.0 Å². The van der Waals surface area contributed by atoms with Gasteiger partial charge in [-0.1, -0.05) is 0 Å². The Hall–Kier alpha value is -1.75. The summed E-state index contributed by atoms with van der Waals surface area (Å²) in [5, 5.41) is 0. The van der Waals surface area contributed by atoms with Gasteiger partial charge >= 0.3 is 0 Å². The predicted octanol–water partition coefficient (Wildman–Crippen LogP) is 0.325. The third kappa shape index (κ3) is 1.54. The van der Waals surface area contributed by atoms with Crippen LogP contribution in [0.1, 0.15) is 5.69 Å². The number of hydrogen-bond donors (Lipinski definition) is 2. The molecule has 0 saturated carbocycles. The third-order valence-electron chi connectivity index (χ3n) is 1.63. The molecule has 0 atom stereocenters. The molecule has 0 fully saturated rings. The molecule has 0 aliphatic heterocycles. The summed E-state index contributed by atoms with van der Waals surface area (Å²) in [4.78, 5) is 15.2. The van der Waals surface area contributed by atoms with Crippen LogP contribution in [0.2, 0.25) is 0 Å². The predicted molar refractivity (Wildman–Crippen MR) is 47.5 cm³/mol.